The molecule has 0 unspecified atom stereocenters. The minimum atomic E-state index is -1.14. The van der Waals surface area contributed by atoms with Gasteiger partial charge in [0, 0.05) is 0 Å². The minimum absolute atomic E-state index is 0.270. The Hall–Kier alpha value is -1.32. The van der Waals surface area contributed by atoms with Crippen molar-refractivity contribution in [3.8, 4) is 0 Å². The van der Waals surface area contributed by atoms with Crippen molar-refractivity contribution < 1.29 is 19.1 Å². The van der Waals surface area contributed by atoms with Gasteiger partial charge in [-0.25, -0.2) is 0 Å². The van der Waals surface area contributed by atoms with E-state index in [2.05, 4.69) is 6.58 Å². The highest BCUT2D eigenvalue weighted by molar-refractivity contribution is 6.01. The van der Waals surface area contributed by atoms with E-state index in [0.29, 0.717) is 19.3 Å². The second kappa shape index (κ2) is 5.14. The van der Waals surface area contributed by atoms with Crippen LogP contribution in [0.2, 0.25) is 0 Å². The Labute approximate surface area is 95.6 Å². The topological polar surface area (TPSA) is 52.6 Å². The van der Waals surface area contributed by atoms with Crippen molar-refractivity contribution in [1.82, 2.24) is 0 Å². The van der Waals surface area contributed by atoms with Gasteiger partial charge >= 0.3 is 11.9 Å². The van der Waals surface area contributed by atoms with E-state index in [9.17, 15) is 9.59 Å². The Kier molecular flexibility index (Phi) is 4.10. The highest BCUT2D eigenvalue weighted by Crippen LogP contribution is 2.42. The number of esters is 2. The smallest absolute Gasteiger partial charge is 0.323 e. The molecule has 0 saturated heterocycles. The second-order valence-corrected chi connectivity index (χ2v) is 3.95. The van der Waals surface area contributed by atoms with Gasteiger partial charge in [-0.15, -0.1) is 0 Å². The molecule has 90 valence electrons. The van der Waals surface area contributed by atoms with Gasteiger partial charge in [-0.05, 0) is 33.1 Å². The molecule has 0 amide bonds. The lowest BCUT2D eigenvalue weighted by molar-refractivity contribution is -0.171. The number of carbonyl (C=O) groups is 2. The maximum atomic E-state index is 11.9. The molecule has 0 heterocycles. The molecule has 0 bridgehead atoms. The number of carbonyl (C=O) groups excluding carboxylic acids is 2. The van der Waals surface area contributed by atoms with Gasteiger partial charge in [0.2, 0.25) is 0 Å². The lowest BCUT2D eigenvalue weighted by atomic mass is 9.86. The zero-order chi connectivity index (χ0) is 12.2. The Morgan fingerprint density at radius 1 is 1.25 bits per heavy atom. The van der Waals surface area contributed by atoms with E-state index >= 15 is 0 Å². The molecule has 1 aliphatic carbocycles. The summed E-state index contributed by atoms with van der Waals surface area (Å²) in [6.45, 7) is 7.81. The Bertz CT molecular complexity index is 288. The Morgan fingerprint density at radius 2 is 1.75 bits per heavy atom. The summed E-state index contributed by atoms with van der Waals surface area (Å²) in [5, 5.41) is 0. The molecular weight excluding hydrogens is 208 g/mol. The summed E-state index contributed by atoms with van der Waals surface area (Å²) in [4.78, 5) is 23.7. The van der Waals surface area contributed by atoms with Crippen LogP contribution < -0.4 is 0 Å². The monoisotopic (exact) mass is 226 g/mol. The van der Waals surface area contributed by atoms with E-state index in [1.807, 2.05) is 0 Å². The summed E-state index contributed by atoms with van der Waals surface area (Å²) in [7, 11) is 0. The van der Waals surface area contributed by atoms with E-state index in [4.69, 9.17) is 9.47 Å². The van der Waals surface area contributed by atoms with Crippen LogP contribution in [-0.2, 0) is 19.1 Å². The average Bonchev–Trinajstić information content (AvgIpc) is 2.63. The highest BCUT2D eigenvalue weighted by atomic mass is 16.6. The lowest BCUT2D eigenvalue weighted by Gasteiger charge is -2.23. The lowest BCUT2D eigenvalue weighted by Crippen LogP contribution is -2.39. The molecule has 1 saturated carbocycles. The van der Waals surface area contributed by atoms with Gasteiger partial charge in [-0.3, -0.25) is 9.59 Å². The molecule has 4 nitrogen and oxygen atoms in total. The van der Waals surface area contributed by atoms with E-state index in [-0.39, 0.29) is 13.2 Å². The van der Waals surface area contributed by atoms with E-state index in [1.54, 1.807) is 13.8 Å². The third-order valence-corrected chi connectivity index (χ3v) is 2.79. The van der Waals surface area contributed by atoms with Crippen molar-refractivity contribution in [3.63, 3.8) is 0 Å². The minimum Gasteiger partial charge on any atom is -0.465 e. The van der Waals surface area contributed by atoms with E-state index in [0.717, 1.165) is 5.57 Å². The number of allylic oxidation sites excluding steroid dienone is 1. The third-order valence-electron chi connectivity index (χ3n) is 2.79. The maximum absolute atomic E-state index is 11.9. The predicted octanol–water partition coefficient (Wildman–Crippen LogP) is 1.84. The second-order valence-electron chi connectivity index (χ2n) is 3.95. The Morgan fingerprint density at radius 3 is 2.06 bits per heavy atom. The molecule has 0 spiro atoms. The number of ether oxygens (including phenoxy) is 2. The summed E-state index contributed by atoms with van der Waals surface area (Å²) in [6.07, 6.45) is 1.48. The van der Waals surface area contributed by atoms with Crippen LogP contribution in [0.1, 0.15) is 33.1 Å². The predicted molar refractivity (Wildman–Crippen MR) is 58.7 cm³/mol. The Balaban J connectivity index is 2.89. The van der Waals surface area contributed by atoms with Crippen LogP contribution in [0.5, 0.6) is 0 Å². The molecular formula is C12H18O4. The van der Waals surface area contributed by atoms with E-state index < -0.39 is 17.4 Å². The molecule has 0 N–H and O–H groups in total. The summed E-state index contributed by atoms with van der Waals surface area (Å²) < 4.78 is 9.93. The summed E-state index contributed by atoms with van der Waals surface area (Å²) in [5.41, 5.74) is -0.232. The van der Waals surface area contributed by atoms with Crippen molar-refractivity contribution in [2.75, 3.05) is 13.2 Å². The highest BCUT2D eigenvalue weighted by Gasteiger charge is 2.51. The molecule has 4 heteroatoms. The standard InChI is InChI=1S/C12H18O4/c1-4-15-10(13)12(11(14)16-5-2)7-6-9(3)8-12/h3-8H2,1-2H3. The van der Waals surface area contributed by atoms with Gasteiger partial charge in [-0.2, -0.15) is 0 Å². The molecule has 1 rings (SSSR count). The molecule has 1 fully saturated rings. The van der Waals surface area contributed by atoms with Gasteiger partial charge in [-0.1, -0.05) is 12.2 Å². The van der Waals surface area contributed by atoms with Crippen molar-refractivity contribution in [2.24, 2.45) is 5.41 Å². The van der Waals surface area contributed by atoms with Crippen LogP contribution in [0.25, 0.3) is 0 Å². The van der Waals surface area contributed by atoms with Crippen molar-refractivity contribution >= 4 is 11.9 Å². The van der Waals surface area contributed by atoms with Crippen LogP contribution >= 0.6 is 0 Å². The average molecular weight is 226 g/mol. The third kappa shape index (κ3) is 2.26. The quantitative estimate of drug-likeness (QED) is 0.417. The van der Waals surface area contributed by atoms with Crippen LogP contribution in [0.3, 0.4) is 0 Å². The summed E-state index contributed by atoms with van der Waals surface area (Å²) in [5.74, 6) is -0.959. The zero-order valence-electron chi connectivity index (χ0n) is 9.88. The number of hydrogen-bond acceptors (Lipinski definition) is 4. The fourth-order valence-corrected chi connectivity index (χ4v) is 1.96. The molecule has 1 aliphatic rings. The van der Waals surface area contributed by atoms with Crippen molar-refractivity contribution in [2.45, 2.75) is 33.1 Å². The molecule has 0 aromatic carbocycles. The number of rotatable bonds is 4. The van der Waals surface area contributed by atoms with Crippen LogP contribution in [0, 0.1) is 5.41 Å². The van der Waals surface area contributed by atoms with Gasteiger partial charge in [0.15, 0.2) is 5.41 Å². The van der Waals surface area contributed by atoms with Gasteiger partial charge in [0.05, 0.1) is 13.2 Å². The first-order chi connectivity index (χ1) is 7.56. The van der Waals surface area contributed by atoms with Gasteiger partial charge in [0.25, 0.3) is 0 Å². The SMILES string of the molecule is C=C1CCC(C(=O)OCC)(C(=O)OCC)C1. The van der Waals surface area contributed by atoms with E-state index in [1.165, 1.54) is 0 Å². The van der Waals surface area contributed by atoms with Crippen LogP contribution in [0.15, 0.2) is 12.2 Å². The van der Waals surface area contributed by atoms with Crippen LogP contribution in [-0.4, -0.2) is 25.2 Å². The zero-order valence-corrected chi connectivity index (χ0v) is 9.88. The van der Waals surface area contributed by atoms with Crippen LogP contribution in [0.4, 0.5) is 0 Å². The molecule has 0 aromatic heterocycles. The molecule has 0 aliphatic heterocycles. The fraction of sp³-hybridized carbons (Fsp3) is 0.667. The first kappa shape index (κ1) is 12.7. The fourth-order valence-electron chi connectivity index (χ4n) is 1.96. The van der Waals surface area contributed by atoms with Crippen molar-refractivity contribution in [1.29, 1.82) is 0 Å². The van der Waals surface area contributed by atoms with Gasteiger partial charge in [0.1, 0.15) is 0 Å². The molecule has 16 heavy (non-hydrogen) atoms. The molecule has 0 aromatic rings. The number of hydrogen-bond donors (Lipinski definition) is 0. The largest absolute Gasteiger partial charge is 0.465 e. The van der Waals surface area contributed by atoms with Gasteiger partial charge < -0.3 is 9.47 Å². The van der Waals surface area contributed by atoms with Crippen molar-refractivity contribution in [3.05, 3.63) is 12.2 Å². The summed E-state index contributed by atoms with van der Waals surface area (Å²) >= 11 is 0. The maximum Gasteiger partial charge on any atom is 0.323 e. The normalized spacial score (nSPS) is 18.2. The molecule has 0 atom stereocenters. The first-order valence-corrected chi connectivity index (χ1v) is 5.58. The molecule has 0 radical (unpaired) electrons. The first-order valence-electron chi connectivity index (χ1n) is 5.58. The summed E-state index contributed by atoms with van der Waals surface area (Å²) in [6, 6.07) is 0.